The fourth-order valence-electron chi connectivity index (χ4n) is 1.82. The van der Waals surface area contributed by atoms with Crippen LogP contribution in [0.25, 0.3) is 0 Å². The van der Waals surface area contributed by atoms with Gasteiger partial charge in [0.1, 0.15) is 18.0 Å². The van der Waals surface area contributed by atoms with Crippen LogP contribution in [0, 0.1) is 5.41 Å². The van der Waals surface area contributed by atoms with Crippen molar-refractivity contribution in [2.75, 3.05) is 24.2 Å². The predicted octanol–water partition coefficient (Wildman–Crippen LogP) is 3.32. The van der Waals surface area contributed by atoms with E-state index < -0.39 is 0 Å². The number of anilines is 2. The summed E-state index contributed by atoms with van der Waals surface area (Å²) in [5.41, 5.74) is 1.54. The summed E-state index contributed by atoms with van der Waals surface area (Å²) in [6, 6.07) is 0. The molecule has 0 amide bonds. The number of aromatic nitrogens is 2. The molecule has 4 heteroatoms. The Balaban J connectivity index is 2.75. The molecule has 0 spiro atoms. The summed E-state index contributed by atoms with van der Waals surface area (Å²) in [7, 11) is 1.90. The minimum atomic E-state index is 0.344. The van der Waals surface area contributed by atoms with E-state index in [-0.39, 0.29) is 0 Å². The van der Waals surface area contributed by atoms with Crippen molar-refractivity contribution >= 4 is 11.6 Å². The molecule has 2 N–H and O–H groups in total. The molecule has 4 nitrogen and oxygen atoms in total. The van der Waals surface area contributed by atoms with Gasteiger partial charge in [0.25, 0.3) is 0 Å². The van der Waals surface area contributed by atoms with Crippen molar-refractivity contribution in [2.45, 2.75) is 47.0 Å². The first-order chi connectivity index (χ1) is 8.48. The molecule has 0 radical (unpaired) electrons. The third kappa shape index (κ3) is 4.51. The SMILES string of the molecule is CCCc1c(NC)ncnc1NCCC(C)(C)C. The van der Waals surface area contributed by atoms with Crippen molar-refractivity contribution in [1.29, 1.82) is 0 Å². The van der Waals surface area contributed by atoms with Crippen LogP contribution < -0.4 is 10.6 Å². The smallest absolute Gasteiger partial charge is 0.134 e. The molecule has 1 aromatic rings. The van der Waals surface area contributed by atoms with Gasteiger partial charge < -0.3 is 10.6 Å². The Labute approximate surface area is 111 Å². The highest BCUT2D eigenvalue weighted by Crippen LogP contribution is 2.23. The van der Waals surface area contributed by atoms with Gasteiger partial charge in [0.05, 0.1) is 0 Å². The van der Waals surface area contributed by atoms with E-state index in [0.29, 0.717) is 5.41 Å². The molecule has 102 valence electrons. The van der Waals surface area contributed by atoms with E-state index in [1.165, 1.54) is 5.56 Å². The number of nitrogens with one attached hydrogen (secondary N) is 2. The van der Waals surface area contributed by atoms with E-state index in [2.05, 4.69) is 48.3 Å². The predicted molar refractivity (Wildman–Crippen MR) is 78.1 cm³/mol. The Morgan fingerprint density at radius 3 is 2.39 bits per heavy atom. The molecule has 0 saturated heterocycles. The van der Waals surface area contributed by atoms with Gasteiger partial charge in [-0.15, -0.1) is 0 Å². The first kappa shape index (κ1) is 14.7. The lowest BCUT2D eigenvalue weighted by Gasteiger charge is -2.19. The highest BCUT2D eigenvalue weighted by molar-refractivity contribution is 5.57. The van der Waals surface area contributed by atoms with Gasteiger partial charge in [-0.1, -0.05) is 34.1 Å². The molecule has 0 aromatic carbocycles. The lowest BCUT2D eigenvalue weighted by atomic mass is 9.92. The molecule has 0 bridgehead atoms. The first-order valence-corrected chi connectivity index (χ1v) is 6.73. The monoisotopic (exact) mass is 250 g/mol. The lowest BCUT2D eigenvalue weighted by Crippen LogP contribution is -2.15. The summed E-state index contributed by atoms with van der Waals surface area (Å²) in [5, 5.41) is 6.57. The van der Waals surface area contributed by atoms with Crippen molar-refractivity contribution in [3.8, 4) is 0 Å². The lowest BCUT2D eigenvalue weighted by molar-refractivity contribution is 0.389. The van der Waals surface area contributed by atoms with Gasteiger partial charge in [0.2, 0.25) is 0 Å². The van der Waals surface area contributed by atoms with E-state index in [9.17, 15) is 0 Å². The van der Waals surface area contributed by atoms with Crippen molar-refractivity contribution in [1.82, 2.24) is 9.97 Å². The van der Waals surface area contributed by atoms with Crippen LogP contribution in [0.1, 0.15) is 46.1 Å². The Morgan fingerprint density at radius 1 is 1.17 bits per heavy atom. The molecule has 1 rings (SSSR count). The Hall–Kier alpha value is -1.32. The van der Waals surface area contributed by atoms with E-state index in [0.717, 1.165) is 37.4 Å². The van der Waals surface area contributed by atoms with Crippen LogP contribution >= 0.6 is 0 Å². The minimum Gasteiger partial charge on any atom is -0.373 e. The molecule has 0 unspecified atom stereocenters. The molecule has 0 aliphatic carbocycles. The standard InChI is InChI=1S/C14H26N4/c1-6-7-11-12(15-5)17-10-18-13(11)16-9-8-14(2,3)4/h10H,6-9H2,1-5H3,(H2,15,16,17,18). The number of rotatable bonds is 6. The van der Waals surface area contributed by atoms with Crippen molar-refractivity contribution < 1.29 is 0 Å². The van der Waals surface area contributed by atoms with Gasteiger partial charge in [-0.3, -0.25) is 0 Å². The second-order valence-electron chi connectivity index (χ2n) is 5.79. The molecule has 0 fully saturated rings. The number of hydrogen-bond acceptors (Lipinski definition) is 4. The third-order valence-electron chi connectivity index (χ3n) is 2.85. The molecule has 0 aliphatic heterocycles. The van der Waals surface area contributed by atoms with Gasteiger partial charge in [-0.05, 0) is 18.3 Å². The zero-order valence-electron chi connectivity index (χ0n) is 12.3. The summed E-state index contributed by atoms with van der Waals surface area (Å²) in [4.78, 5) is 8.63. The van der Waals surface area contributed by atoms with E-state index in [1.54, 1.807) is 6.33 Å². The Kier molecular flexibility index (Phi) is 5.38. The molecule has 0 atom stereocenters. The fourth-order valence-corrected chi connectivity index (χ4v) is 1.82. The summed E-state index contributed by atoms with van der Waals surface area (Å²) < 4.78 is 0. The van der Waals surface area contributed by atoms with E-state index in [1.807, 2.05) is 7.05 Å². The largest absolute Gasteiger partial charge is 0.373 e. The van der Waals surface area contributed by atoms with Crippen LogP contribution in [0.4, 0.5) is 11.6 Å². The fraction of sp³-hybridized carbons (Fsp3) is 0.714. The van der Waals surface area contributed by atoms with Crippen LogP contribution in [-0.2, 0) is 6.42 Å². The van der Waals surface area contributed by atoms with Crippen molar-refractivity contribution in [2.24, 2.45) is 5.41 Å². The molecule has 0 aliphatic rings. The molecular formula is C14H26N4. The van der Waals surface area contributed by atoms with Crippen molar-refractivity contribution in [3.63, 3.8) is 0 Å². The van der Waals surface area contributed by atoms with Crippen LogP contribution in [0.3, 0.4) is 0 Å². The van der Waals surface area contributed by atoms with Crippen LogP contribution in [0.15, 0.2) is 6.33 Å². The Bertz CT molecular complexity index is 369. The molecule has 18 heavy (non-hydrogen) atoms. The summed E-state index contributed by atoms with van der Waals surface area (Å²) in [5.74, 6) is 1.91. The number of nitrogens with zero attached hydrogens (tertiary/aromatic N) is 2. The van der Waals surface area contributed by atoms with Gasteiger partial charge in [-0.2, -0.15) is 0 Å². The second kappa shape index (κ2) is 6.57. The minimum absolute atomic E-state index is 0.344. The van der Waals surface area contributed by atoms with Gasteiger partial charge in [0, 0.05) is 19.2 Å². The molecule has 0 saturated carbocycles. The van der Waals surface area contributed by atoms with E-state index in [4.69, 9.17) is 0 Å². The van der Waals surface area contributed by atoms with Gasteiger partial charge in [0.15, 0.2) is 0 Å². The summed E-state index contributed by atoms with van der Waals surface area (Å²) >= 11 is 0. The normalized spacial score (nSPS) is 11.4. The summed E-state index contributed by atoms with van der Waals surface area (Å²) in [6.45, 7) is 9.87. The Morgan fingerprint density at radius 2 is 1.83 bits per heavy atom. The molecule has 1 heterocycles. The average Bonchev–Trinajstić information content (AvgIpc) is 2.29. The quantitative estimate of drug-likeness (QED) is 0.813. The third-order valence-corrected chi connectivity index (χ3v) is 2.85. The average molecular weight is 250 g/mol. The topological polar surface area (TPSA) is 49.8 Å². The molecule has 1 aromatic heterocycles. The summed E-state index contributed by atoms with van der Waals surface area (Å²) in [6.07, 6.45) is 4.83. The van der Waals surface area contributed by atoms with Gasteiger partial charge in [-0.25, -0.2) is 9.97 Å². The van der Waals surface area contributed by atoms with Crippen molar-refractivity contribution in [3.05, 3.63) is 11.9 Å². The molecular weight excluding hydrogens is 224 g/mol. The van der Waals surface area contributed by atoms with E-state index >= 15 is 0 Å². The second-order valence-corrected chi connectivity index (χ2v) is 5.79. The zero-order valence-corrected chi connectivity index (χ0v) is 12.3. The van der Waals surface area contributed by atoms with Crippen LogP contribution in [0.5, 0.6) is 0 Å². The maximum Gasteiger partial charge on any atom is 0.134 e. The maximum absolute atomic E-state index is 4.36. The first-order valence-electron chi connectivity index (χ1n) is 6.73. The maximum atomic E-state index is 4.36. The van der Waals surface area contributed by atoms with Crippen LogP contribution in [-0.4, -0.2) is 23.6 Å². The highest BCUT2D eigenvalue weighted by Gasteiger charge is 2.12. The van der Waals surface area contributed by atoms with Crippen LogP contribution in [0.2, 0.25) is 0 Å². The van der Waals surface area contributed by atoms with Gasteiger partial charge >= 0.3 is 0 Å². The number of hydrogen-bond donors (Lipinski definition) is 2. The highest BCUT2D eigenvalue weighted by atomic mass is 15.1. The zero-order chi connectivity index (χ0) is 13.6.